The summed E-state index contributed by atoms with van der Waals surface area (Å²) in [5.41, 5.74) is 4.92. The van der Waals surface area contributed by atoms with Gasteiger partial charge in [-0.1, -0.05) is 100 Å². The molecule has 2 saturated heterocycles. The van der Waals surface area contributed by atoms with Crippen molar-refractivity contribution >= 4 is 18.1 Å². The van der Waals surface area contributed by atoms with Crippen molar-refractivity contribution in [2.75, 3.05) is 19.8 Å². The van der Waals surface area contributed by atoms with E-state index >= 15 is 0 Å². The third-order valence-electron chi connectivity index (χ3n) is 10.6. The second kappa shape index (κ2) is 16.4. The molecule has 0 spiro atoms. The summed E-state index contributed by atoms with van der Waals surface area (Å²) in [7, 11) is 0. The van der Waals surface area contributed by atoms with Crippen LogP contribution < -0.4 is 0 Å². The van der Waals surface area contributed by atoms with Crippen molar-refractivity contribution in [3.8, 4) is 0 Å². The number of fused-ring (bicyclic) bond motifs is 1. The number of benzene rings is 2. The highest BCUT2D eigenvalue weighted by atomic mass is 17.2. The van der Waals surface area contributed by atoms with Crippen LogP contribution in [-0.4, -0.2) is 50.2 Å². The van der Waals surface area contributed by atoms with Crippen molar-refractivity contribution in [3.63, 3.8) is 0 Å². The Balaban J connectivity index is 0.873. The zero-order valence-electron chi connectivity index (χ0n) is 27.7. The largest absolute Gasteiger partial charge is 0.454 e. The van der Waals surface area contributed by atoms with Crippen molar-refractivity contribution in [1.82, 2.24) is 0 Å². The molecule has 0 unspecified atom stereocenters. The number of ether oxygens (including phenoxy) is 3. The van der Waals surface area contributed by atoms with Crippen LogP contribution >= 0.6 is 0 Å². The quantitative estimate of drug-likeness (QED) is 0.0777. The zero-order valence-corrected chi connectivity index (χ0v) is 27.7. The number of carbonyl (C=O) groups excluding carboxylic acids is 1. The fraction of sp³-hybridized carbons (Fsp3) is 0.575. The van der Waals surface area contributed by atoms with Gasteiger partial charge in [0, 0.05) is 6.08 Å². The molecular weight excluding hydrogens is 576 g/mol. The van der Waals surface area contributed by atoms with E-state index in [-0.39, 0.29) is 24.9 Å². The van der Waals surface area contributed by atoms with Gasteiger partial charge in [-0.2, -0.15) is 0 Å². The lowest BCUT2D eigenvalue weighted by Crippen LogP contribution is -2.34. The van der Waals surface area contributed by atoms with Gasteiger partial charge < -0.3 is 14.2 Å². The molecule has 4 aliphatic rings. The molecule has 0 aromatic heterocycles. The summed E-state index contributed by atoms with van der Waals surface area (Å²) in [5, 5.41) is 0. The molecule has 248 valence electrons. The summed E-state index contributed by atoms with van der Waals surface area (Å²) in [4.78, 5) is 23.7. The normalized spacial score (nSPS) is 31.4. The smallest absolute Gasteiger partial charge is 0.331 e. The number of carbonyl (C=O) groups is 1. The first-order valence-electron chi connectivity index (χ1n) is 17.7. The van der Waals surface area contributed by atoms with Crippen molar-refractivity contribution in [3.05, 3.63) is 82.9 Å². The van der Waals surface area contributed by atoms with Gasteiger partial charge in [-0.25, -0.2) is 14.6 Å². The van der Waals surface area contributed by atoms with E-state index in [9.17, 15) is 4.79 Å². The molecule has 2 aliphatic heterocycles. The summed E-state index contributed by atoms with van der Waals surface area (Å²) in [6, 6.07) is 17.3. The van der Waals surface area contributed by atoms with E-state index in [0.717, 1.165) is 41.2 Å². The third-order valence-corrected chi connectivity index (χ3v) is 10.6. The van der Waals surface area contributed by atoms with E-state index in [1.54, 1.807) is 6.08 Å². The van der Waals surface area contributed by atoms with Gasteiger partial charge in [0.1, 0.15) is 24.9 Å². The van der Waals surface area contributed by atoms with Gasteiger partial charge in [-0.15, -0.1) is 0 Å². The maximum atomic E-state index is 12.6. The molecule has 6 heteroatoms. The molecule has 4 atom stereocenters. The molecular formula is C40H52O6. The monoisotopic (exact) mass is 628 g/mol. The standard InChI is InChI=1S/C40H52O6/c1-28-5-9-32(10-6-28)24-34-17-13-30(14-18-34)4-3-23-44-46-37-27-43-39-36(26-42-40(37)39)45-38(41)22-21-31-15-19-35(20-16-31)25-33-11-7-29(2)8-12-33/h3-4,13-22,28-29,32-33,36-37,39-40H,5-12,23-27H2,1-2H3/b4-3+,22-21+/t28?,29?,32?,33?,36-,37+,39-,40-/m1/s1. The van der Waals surface area contributed by atoms with Gasteiger partial charge in [0.05, 0.1) is 13.2 Å². The first kappa shape index (κ1) is 33.1. The van der Waals surface area contributed by atoms with Crippen LogP contribution in [0.1, 0.15) is 87.5 Å². The average Bonchev–Trinajstić information content (AvgIpc) is 3.66. The molecule has 0 N–H and O–H groups in total. The summed E-state index contributed by atoms with van der Waals surface area (Å²) in [5.74, 6) is 3.00. The highest BCUT2D eigenvalue weighted by Gasteiger charge is 2.50. The molecule has 2 heterocycles. The highest BCUT2D eigenvalue weighted by molar-refractivity contribution is 5.87. The Bertz CT molecular complexity index is 1280. The lowest BCUT2D eigenvalue weighted by molar-refractivity contribution is -0.326. The Morgan fingerprint density at radius 1 is 0.696 bits per heavy atom. The first-order chi connectivity index (χ1) is 22.5. The van der Waals surface area contributed by atoms with E-state index < -0.39 is 12.1 Å². The summed E-state index contributed by atoms with van der Waals surface area (Å²) in [6.07, 6.45) is 18.9. The Morgan fingerprint density at radius 3 is 1.76 bits per heavy atom. The van der Waals surface area contributed by atoms with Gasteiger partial charge in [0.2, 0.25) is 0 Å². The van der Waals surface area contributed by atoms with Crippen LogP contribution in [0.15, 0.2) is 60.7 Å². The first-order valence-corrected chi connectivity index (χ1v) is 17.7. The molecule has 0 bridgehead atoms. The molecule has 6 rings (SSSR count). The molecule has 2 aromatic rings. The molecule has 2 saturated carbocycles. The van der Waals surface area contributed by atoms with Crippen molar-refractivity contribution < 1.29 is 28.8 Å². The van der Waals surface area contributed by atoms with Crippen molar-refractivity contribution in [2.24, 2.45) is 23.7 Å². The minimum atomic E-state index is -0.471. The number of hydrogen-bond donors (Lipinski definition) is 0. The van der Waals surface area contributed by atoms with Crippen molar-refractivity contribution in [2.45, 2.75) is 102 Å². The van der Waals surface area contributed by atoms with Crippen LogP contribution in [0.2, 0.25) is 0 Å². The lowest BCUT2D eigenvalue weighted by Gasteiger charge is -2.26. The van der Waals surface area contributed by atoms with Crippen molar-refractivity contribution in [1.29, 1.82) is 0 Å². The fourth-order valence-corrected chi connectivity index (χ4v) is 7.58. The van der Waals surface area contributed by atoms with Crippen LogP contribution in [0.25, 0.3) is 12.2 Å². The van der Waals surface area contributed by atoms with E-state index in [0.29, 0.717) is 13.2 Å². The van der Waals surface area contributed by atoms with E-state index in [1.807, 2.05) is 12.2 Å². The third kappa shape index (κ3) is 9.41. The molecule has 2 aliphatic carbocycles. The van der Waals surface area contributed by atoms with Crippen LogP contribution in [0.4, 0.5) is 0 Å². The van der Waals surface area contributed by atoms with Gasteiger partial charge in [-0.3, -0.25) is 0 Å². The molecule has 6 nitrogen and oxygen atoms in total. The Labute approximate surface area is 275 Å². The van der Waals surface area contributed by atoms with E-state index in [4.69, 9.17) is 24.0 Å². The summed E-state index contributed by atoms with van der Waals surface area (Å²) in [6.45, 7) is 5.66. The average molecular weight is 629 g/mol. The minimum absolute atomic E-state index is 0.277. The van der Waals surface area contributed by atoms with Gasteiger partial charge in [0.15, 0.2) is 6.10 Å². The van der Waals surface area contributed by atoms with Crippen LogP contribution in [-0.2, 0) is 41.6 Å². The fourth-order valence-electron chi connectivity index (χ4n) is 7.58. The summed E-state index contributed by atoms with van der Waals surface area (Å²) >= 11 is 0. The predicted molar refractivity (Wildman–Crippen MR) is 181 cm³/mol. The van der Waals surface area contributed by atoms with Gasteiger partial charge >= 0.3 is 5.97 Å². The zero-order chi connectivity index (χ0) is 31.7. The maximum absolute atomic E-state index is 12.6. The molecule has 0 amide bonds. The summed E-state index contributed by atoms with van der Waals surface area (Å²) < 4.78 is 17.5. The number of hydrogen-bond acceptors (Lipinski definition) is 6. The second-order valence-corrected chi connectivity index (χ2v) is 14.4. The van der Waals surface area contributed by atoms with Crippen LogP contribution in [0, 0.1) is 23.7 Å². The Hall–Kier alpha value is -2.77. The molecule has 2 aromatic carbocycles. The predicted octanol–water partition coefficient (Wildman–Crippen LogP) is 8.18. The van der Waals surface area contributed by atoms with E-state index in [2.05, 4.69) is 62.4 Å². The minimum Gasteiger partial charge on any atom is -0.454 e. The van der Waals surface area contributed by atoms with E-state index in [1.165, 1.54) is 75.0 Å². The highest BCUT2D eigenvalue weighted by Crippen LogP contribution is 2.33. The molecule has 46 heavy (non-hydrogen) atoms. The Morgan fingerprint density at radius 2 is 1.20 bits per heavy atom. The lowest BCUT2D eigenvalue weighted by atomic mass is 9.80. The maximum Gasteiger partial charge on any atom is 0.331 e. The second-order valence-electron chi connectivity index (χ2n) is 14.4. The Kier molecular flexibility index (Phi) is 11.8. The number of rotatable bonds is 12. The van der Waals surface area contributed by atoms with Gasteiger partial charge in [-0.05, 0) is 90.5 Å². The van der Waals surface area contributed by atoms with Crippen LogP contribution in [0.5, 0.6) is 0 Å². The van der Waals surface area contributed by atoms with Crippen LogP contribution in [0.3, 0.4) is 0 Å². The number of esters is 1. The topological polar surface area (TPSA) is 63.2 Å². The van der Waals surface area contributed by atoms with Gasteiger partial charge in [0.25, 0.3) is 0 Å². The molecule has 4 fully saturated rings. The molecule has 0 radical (unpaired) electrons. The SMILES string of the molecule is CC1CCC(Cc2ccc(/C=C/COO[C@H]3CO[C@H]4[C@@H]3OC[C@H]4OC(=O)/C=C/c3ccc(CC4CCC(C)CC4)cc3)cc2)CC1.